The van der Waals surface area contributed by atoms with Crippen LogP contribution in [0.3, 0.4) is 0 Å². The van der Waals surface area contributed by atoms with E-state index in [0.717, 1.165) is 64.3 Å². The Balaban J connectivity index is 1.25. The largest absolute Gasteiger partial charge is 0.378 e. The highest BCUT2D eigenvalue weighted by Gasteiger charge is 2.39. The fourth-order valence-corrected chi connectivity index (χ4v) is 4.53. The highest BCUT2D eigenvalue weighted by molar-refractivity contribution is 5.74. The number of hydrogen-bond acceptors (Lipinski definition) is 4. The molecule has 0 unspecified atom stereocenters. The summed E-state index contributed by atoms with van der Waals surface area (Å²) >= 11 is 0. The van der Waals surface area contributed by atoms with Gasteiger partial charge in [-0.25, -0.2) is 4.79 Å². The lowest BCUT2D eigenvalue weighted by atomic mass is 9.71. The van der Waals surface area contributed by atoms with Gasteiger partial charge >= 0.3 is 6.03 Å². The van der Waals surface area contributed by atoms with Crippen molar-refractivity contribution in [1.82, 2.24) is 19.7 Å². The maximum Gasteiger partial charge on any atom is 0.320 e. The first-order valence-electron chi connectivity index (χ1n) is 9.98. The molecule has 6 heteroatoms. The summed E-state index contributed by atoms with van der Waals surface area (Å²) < 4.78 is 5.36. The molecule has 142 valence electrons. The van der Waals surface area contributed by atoms with Gasteiger partial charge in [-0.2, -0.15) is 0 Å². The molecule has 1 aromatic heterocycles. The van der Waals surface area contributed by atoms with E-state index < -0.39 is 0 Å². The predicted molar refractivity (Wildman–Crippen MR) is 99.8 cm³/mol. The Morgan fingerprint density at radius 2 is 1.62 bits per heavy atom. The first-order valence-corrected chi connectivity index (χ1v) is 9.98. The van der Waals surface area contributed by atoms with Gasteiger partial charge < -0.3 is 14.5 Å². The maximum atomic E-state index is 12.7. The van der Waals surface area contributed by atoms with Gasteiger partial charge in [-0.1, -0.05) is 6.07 Å². The first kappa shape index (κ1) is 17.7. The maximum absolute atomic E-state index is 12.7. The molecule has 6 nitrogen and oxygen atoms in total. The third-order valence-electron chi connectivity index (χ3n) is 6.40. The molecule has 0 saturated carbocycles. The van der Waals surface area contributed by atoms with Crippen LogP contribution >= 0.6 is 0 Å². The number of ether oxygens (including phenoxy) is 1. The number of nitrogens with zero attached hydrogens (tertiary/aromatic N) is 4. The first-order chi connectivity index (χ1) is 12.7. The van der Waals surface area contributed by atoms with E-state index in [2.05, 4.69) is 26.9 Å². The Morgan fingerprint density at radius 1 is 0.962 bits per heavy atom. The molecule has 0 N–H and O–H groups in total. The average Bonchev–Trinajstić information content (AvgIpc) is 2.71. The number of amides is 2. The molecule has 26 heavy (non-hydrogen) atoms. The number of rotatable bonds is 2. The summed E-state index contributed by atoms with van der Waals surface area (Å²) in [7, 11) is 0. The molecule has 1 spiro atoms. The van der Waals surface area contributed by atoms with E-state index in [4.69, 9.17) is 4.74 Å². The Morgan fingerprint density at radius 3 is 2.27 bits per heavy atom. The van der Waals surface area contributed by atoms with E-state index >= 15 is 0 Å². The Labute approximate surface area is 156 Å². The van der Waals surface area contributed by atoms with Crippen LogP contribution in [0.5, 0.6) is 0 Å². The van der Waals surface area contributed by atoms with Crippen molar-refractivity contribution >= 4 is 6.03 Å². The van der Waals surface area contributed by atoms with Crippen molar-refractivity contribution in [2.45, 2.75) is 32.2 Å². The molecule has 3 fully saturated rings. The monoisotopic (exact) mass is 358 g/mol. The van der Waals surface area contributed by atoms with Gasteiger partial charge in [0.1, 0.15) is 0 Å². The van der Waals surface area contributed by atoms with Gasteiger partial charge in [0.2, 0.25) is 0 Å². The SMILES string of the molecule is O=C(N1CCOCC1)N1CCC2(CCN(Cc3ccccn3)CC2)CC1. The van der Waals surface area contributed by atoms with E-state index in [1.54, 1.807) is 0 Å². The fourth-order valence-electron chi connectivity index (χ4n) is 4.53. The van der Waals surface area contributed by atoms with Crippen molar-refractivity contribution in [1.29, 1.82) is 0 Å². The average molecular weight is 358 g/mol. The minimum absolute atomic E-state index is 0.218. The number of carbonyl (C=O) groups is 1. The van der Waals surface area contributed by atoms with E-state index in [0.29, 0.717) is 18.6 Å². The van der Waals surface area contributed by atoms with Crippen LogP contribution in [0.1, 0.15) is 31.4 Å². The molecule has 0 aliphatic carbocycles. The van der Waals surface area contributed by atoms with Crippen LogP contribution in [0, 0.1) is 5.41 Å². The van der Waals surface area contributed by atoms with Crippen LogP contribution in [0.15, 0.2) is 24.4 Å². The van der Waals surface area contributed by atoms with Crippen molar-refractivity contribution in [3.05, 3.63) is 30.1 Å². The van der Waals surface area contributed by atoms with E-state index in [1.807, 2.05) is 17.2 Å². The second-order valence-corrected chi connectivity index (χ2v) is 7.97. The lowest BCUT2D eigenvalue weighted by molar-refractivity contribution is 0.0191. The zero-order chi connectivity index (χ0) is 17.8. The summed E-state index contributed by atoms with van der Waals surface area (Å²) in [5, 5.41) is 0. The molecule has 3 aliphatic rings. The minimum atomic E-state index is 0.218. The number of carbonyl (C=O) groups excluding carboxylic acids is 1. The molecule has 0 aromatic carbocycles. The van der Waals surface area contributed by atoms with Crippen LogP contribution in [-0.4, -0.2) is 78.2 Å². The second-order valence-electron chi connectivity index (χ2n) is 7.97. The van der Waals surface area contributed by atoms with Gasteiger partial charge in [0.15, 0.2) is 0 Å². The number of likely N-dealkylation sites (tertiary alicyclic amines) is 2. The van der Waals surface area contributed by atoms with Crippen molar-refractivity contribution in [2.75, 3.05) is 52.5 Å². The third kappa shape index (κ3) is 4.01. The molecule has 0 atom stereocenters. The van der Waals surface area contributed by atoms with Gasteiger partial charge in [-0.3, -0.25) is 9.88 Å². The summed E-state index contributed by atoms with van der Waals surface area (Å²) in [4.78, 5) is 23.7. The predicted octanol–water partition coefficient (Wildman–Crippen LogP) is 2.21. The van der Waals surface area contributed by atoms with Crippen molar-refractivity contribution < 1.29 is 9.53 Å². The number of piperidine rings is 2. The molecular formula is C20H30N4O2. The Kier molecular flexibility index (Phi) is 5.41. The highest BCUT2D eigenvalue weighted by Crippen LogP contribution is 2.41. The summed E-state index contributed by atoms with van der Waals surface area (Å²) in [6.45, 7) is 7.91. The topological polar surface area (TPSA) is 48.9 Å². The van der Waals surface area contributed by atoms with Crippen LogP contribution in [0.4, 0.5) is 4.79 Å². The van der Waals surface area contributed by atoms with Crippen molar-refractivity contribution in [2.24, 2.45) is 5.41 Å². The lowest BCUT2D eigenvalue weighted by Gasteiger charge is -2.47. The molecule has 3 saturated heterocycles. The standard InChI is InChI=1S/C20H30N4O2/c25-19(24-13-15-26-16-14-24)23-11-6-20(7-12-23)4-9-22(10-5-20)17-18-3-1-2-8-21-18/h1-3,8H,4-7,9-17H2. The highest BCUT2D eigenvalue weighted by atomic mass is 16.5. The molecule has 4 rings (SSSR count). The van der Waals surface area contributed by atoms with Crippen molar-refractivity contribution in [3.8, 4) is 0 Å². The van der Waals surface area contributed by atoms with Gasteiger partial charge in [-0.15, -0.1) is 0 Å². The minimum Gasteiger partial charge on any atom is -0.378 e. The Bertz CT molecular complexity index is 585. The van der Waals surface area contributed by atoms with Crippen LogP contribution in [0.25, 0.3) is 0 Å². The summed E-state index contributed by atoms with van der Waals surface area (Å²) in [6, 6.07) is 6.37. The number of pyridine rings is 1. The quantitative estimate of drug-likeness (QED) is 0.813. The normalized spacial score (nSPS) is 24.0. The number of aromatic nitrogens is 1. The molecule has 4 heterocycles. The Hall–Kier alpha value is -1.66. The van der Waals surface area contributed by atoms with Gasteiger partial charge in [0, 0.05) is 38.9 Å². The molecule has 2 amide bonds. The second kappa shape index (κ2) is 7.92. The van der Waals surface area contributed by atoms with Gasteiger partial charge in [0.05, 0.1) is 18.9 Å². The van der Waals surface area contributed by atoms with Gasteiger partial charge in [-0.05, 0) is 56.3 Å². The number of urea groups is 1. The third-order valence-corrected chi connectivity index (χ3v) is 6.40. The van der Waals surface area contributed by atoms with Crippen molar-refractivity contribution in [3.63, 3.8) is 0 Å². The van der Waals surface area contributed by atoms with E-state index in [1.165, 1.54) is 12.8 Å². The molecule has 0 bridgehead atoms. The van der Waals surface area contributed by atoms with Crippen LogP contribution in [0.2, 0.25) is 0 Å². The molecule has 1 aromatic rings. The smallest absolute Gasteiger partial charge is 0.320 e. The number of hydrogen-bond donors (Lipinski definition) is 0. The zero-order valence-corrected chi connectivity index (χ0v) is 15.6. The summed E-state index contributed by atoms with van der Waals surface area (Å²) in [6.07, 6.45) is 6.68. The molecule has 3 aliphatic heterocycles. The van der Waals surface area contributed by atoms with E-state index in [9.17, 15) is 4.79 Å². The molecular weight excluding hydrogens is 328 g/mol. The van der Waals surface area contributed by atoms with E-state index in [-0.39, 0.29) is 6.03 Å². The summed E-state index contributed by atoms with van der Waals surface area (Å²) in [5.41, 5.74) is 1.61. The summed E-state index contributed by atoms with van der Waals surface area (Å²) in [5.74, 6) is 0. The molecule has 0 radical (unpaired) electrons. The van der Waals surface area contributed by atoms with Crippen LogP contribution < -0.4 is 0 Å². The zero-order valence-electron chi connectivity index (χ0n) is 15.6. The lowest BCUT2D eigenvalue weighted by Crippen LogP contribution is -2.53. The fraction of sp³-hybridized carbons (Fsp3) is 0.700. The van der Waals surface area contributed by atoms with Crippen LogP contribution in [-0.2, 0) is 11.3 Å². The number of morpholine rings is 1. The van der Waals surface area contributed by atoms with Gasteiger partial charge in [0.25, 0.3) is 0 Å².